The molecule has 9 nitrogen and oxygen atoms in total. The molecule has 1 N–H and O–H groups in total. The van der Waals surface area contributed by atoms with Crippen molar-refractivity contribution in [3.63, 3.8) is 0 Å². The van der Waals surface area contributed by atoms with Gasteiger partial charge < -0.3 is 10.1 Å². The van der Waals surface area contributed by atoms with Crippen LogP contribution in [0.3, 0.4) is 0 Å². The molecule has 152 valence electrons. The van der Waals surface area contributed by atoms with E-state index in [0.29, 0.717) is 0 Å². The van der Waals surface area contributed by atoms with E-state index in [0.717, 1.165) is 12.8 Å². The lowest BCUT2D eigenvalue weighted by Crippen LogP contribution is -2.38. The predicted octanol–water partition coefficient (Wildman–Crippen LogP) is 2.13. The van der Waals surface area contributed by atoms with E-state index in [1.54, 1.807) is 0 Å². The van der Waals surface area contributed by atoms with Gasteiger partial charge in [-0.25, -0.2) is 0 Å². The van der Waals surface area contributed by atoms with Crippen molar-refractivity contribution in [2.75, 3.05) is 19.0 Å². The Balaban J connectivity index is 1.42. The first-order valence-corrected chi connectivity index (χ1v) is 9.56. The van der Waals surface area contributed by atoms with Crippen molar-refractivity contribution in [1.29, 1.82) is 0 Å². The summed E-state index contributed by atoms with van der Waals surface area (Å²) < 4.78 is 5.12. The summed E-state index contributed by atoms with van der Waals surface area (Å²) in [5.41, 5.74) is -0.0141. The number of likely N-dealkylation sites (tertiary alicyclic amines) is 1. The Morgan fingerprint density at radius 2 is 1.83 bits per heavy atom. The quantitative estimate of drug-likeness (QED) is 0.339. The van der Waals surface area contributed by atoms with Crippen LogP contribution >= 0.6 is 0 Å². The number of amides is 3. The van der Waals surface area contributed by atoms with Gasteiger partial charge in [0.25, 0.3) is 5.69 Å². The number of rotatable bonds is 6. The summed E-state index contributed by atoms with van der Waals surface area (Å²) in [7, 11) is 1.39. The van der Waals surface area contributed by atoms with Crippen molar-refractivity contribution in [1.82, 2.24) is 4.90 Å². The fourth-order valence-corrected chi connectivity index (χ4v) is 4.69. The summed E-state index contributed by atoms with van der Waals surface area (Å²) >= 11 is 0. The second-order valence-electron chi connectivity index (χ2n) is 7.61. The summed E-state index contributed by atoms with van der Waals surface area (Å²) in [5, 5.41) is 13.5. The number of hydrogen-bond acceptors (Lipinski definition) is 6. The molecule has 0 spiro atoms. The third kappa shape index (κ3) is 3.26. The van der Waals surface area contributed by atoms with Crippen LogP contribution in [0.1, 0.15) is 19.3 Å². The number of carbonyl (C=O) groups is 3. The number of nitro benzene ring substituents is 1. The smallest absolute Gasteiger partial charge is 0.271 e. The lowest BCUT2D eigenvalue weighted by molar-refractivity contribution is -0.384. The van der Waals surface area contributed by atoms with Crippen LogP contribution in [-0.4, -0.2) is 41.2 Å². The van der Waals surface area contributed by atoms with Crippen LogP contribution in [0.25, 0.3) is 0 Å². The van der Waals surface area contributed by atoms with Crippen molar-refractivity contribution in [3.8, 4) is 5.75 Å². The lowest BCUT2D eigenvalue weighted by atomic mass is 9.63. The Morgan fingerprint density at radius 3 is 2.34 bits per heavy atom. The molecule has 1 aliphatic heterocycles. The van der Waals surface area contributed by atoms with E-state index in [4.69, 9.17) is 4.74 Å². The summed E-state index contributed by atoms with van der Waals surface area (Å²) in [5.74, 6) is -0.952. The summed E-state index contributed by atoms with van der Waals surface area (Å²) in [4.78, 5) is 49.5. The van der Waals surface area contributed by atoms with E-state index in [2.05, 4.69) is 5.32 Å². The van der Waals surface area contributed by atoms with Crippen LogP contribution in [0, 0.1) is 33.8 Å². The Kier molecular flexibility index (Phi) is 4.81. The number of allylic oxidation sites excluding steroid dienone is 2. The van der Waals surface area contributed by atoms with Crippen LogP contribution in [-0.2, 0) is 14.4 Å². The Hall–Kier alpha value is -3.23. The van der Waals surface area contributed by atoms with Crippen LogP contribution in [0.2, 0.25) is 0 Å². The van der Waals surface area contributed by atoms with Gasteiger partial charge >= 0.3 is 0 Å². The highest BCUT2D eigenvalue weighted by Crippen LogP contribution is 2.49. The standard InChI is InChI=1S/C20H21N3O6/c1-29-15-7-6-13(23(27)28)10-14(15)21-16(24)8-9-22-19(25)17-11-2-3-12(5-4-11)18(17)20(22)26/h2-3,6-7,10-12,17-18H,4-5,8-9H2,1H3,(H,21,24)/t11-,12-,17+,18+/m0/s1. The molecular weight excluding hydrogens is 378 g/mol. The van der Waals surface area contributed by atoms with Crippen LogP contribution in [0.15, 0.2) is 30.4 Å². The van der Waals surface area contributed by atoms with E-state index in [9.17, 15) is 24.5 Å². The number of anilines is 1. The van der Waals surface area contributed by atoms with E-state index < -0.39 is 10.8 Å². The van der Waals surface area contributed by atoms with Gasteiger partial charge in [-0.05, 0) is 30.7 Å². The summed E-state index contributed by atoms with van der Waals surface area (Å²) in [6, 6.07) is 3.88. The molecule has 29 heavy (non-hydrogen) atoms. The van der Waals surface area contributed by atoms with Gasteiger partial charge in [0.1, 0.15) is 5.75 Å². The molecule has 0 unspecified atom stereocenters. The molecule has 1 saturated heterocycles. The van der Waals surface area contributed by atoms with Gasteiger partial charge in [-0.3, -0.25) is 29.4 Å². The number of imide groups is 1. The van der Waals surface area contributed by atoms with Crippen LogP contribution < -0.4 is 10.1 Å². The van der Waals surface area contributed by atoms with Crippen molar-refractivity contribution in [2.24, 2.45) is 23.7 Å². The van der Waals surface area contributed by atoms with Gasteiger partial charge in [0.15, 0.2) is 0 Å². The second kappa shape index (κ2) is 7.31. The van der Waals surface area contributed by atoms with Crippen molar-refractivity contribution in [3.05, 3.63) is 40.5 Å². The molecule has 4 atom stereocenters. The molecule has 3 aliphatic carbocycles. The fourth-order valence-electron chi connectivity index (χ4n) is 4.69. The monoisotopic (exact) mass is 399 g/mol. The van der Waals surface area contributed by atoms with Crippen molar-refractivity contribution in [2.45, 2.75) is 19.3 Å². The van der Waals surface area contributed by atoms with E-state index in [-0.39, 0.29) is 65.6 Å². The molecule has 3 amide bonds. The molecular formula is C20H21N3O6. The number of methoxy groups -OCH3 is 1. The predicted molar refractivity (Wildman–Crippen MR) is 102 cm³/mol. The number of ether oxygens (including phenoxy) is 1. The van der Waals surface area contributed by atoms with Crippen molar-refractivity contribution < 1.29 is 24.0 Å². The molecule has 9 heteroatoms. The number of nitrogens with one attached hydrogen (secondary N) is 1. The number of carbonyl (C=O) groups excluding carboxylic acids is 3. The molecule has 2 bridgehead atoms. The molecule has 4 aliphatic rings. The number of nitrogens with zero attached hydrogens (tertiary/aromatic N) is 2. The lowest BCUT2D eigenvalue weighted by Gasteiger charge is -2.38. The number of fused-ring (bicyclic) bond motifs is 1. The summed E-state index contributed by atoms with van der Waals surface area (Å²) in [6.45, 7) is -0.00676. The average molecular weight is 399 g/mol. The van der Waals surface area contributed by atoms with Crippen LogP contribution in [0.4, 0.5) is 11.4 Å². The Morgan fingerprint density at radius 1 is 1.21 bits per heavy atom. The molecule has 0 radical (unpaired) electrons. The third-order valence-corrected chi connectivity index (χ3v) is 6.08. The molecule has 2 fully saturated rings. The molecule has 1 saturated carbocycles. The van der Waals surface area contributed by atoms with Gasteiger partial charge in [0.05, 0.1) is 29.6 Å². The zero-order chi connectivity index (χ0) is 20.7. The van der Waals surface area contributed by atoms with E-state index in [1.165, 1.54) is 30.2 Å². The number of hydrogen-bond donors (Lipinski definition) is 1. The third-order valence-electron chi connectivity index (χ3n) is 6.08. The maximum atomic E-state index is 12.8. The van der Waals surface area contributed by atoms with Crippen molar-refractivity contribution >= 4 is 29.1 Å². The number of nitro groups is 1. The van der Waals surface area contributed by atoms with Gasteiger partial charge in [0, 0.05) is 25.1 Å². The maximum absolute atomic E-state index is 12.8. The molecule has 1 aromatic carbocycles. The maximum Gasteiger partial charge on any atom is 0.271 e. The first-order chi connectivity index (χ1) is 13.9. The number of non-ortho nitro benzene ring substituents is 1. The molecule has 5 rings (SSSR count). The Bertz CT molecular complexity index is 895. The molecule has 1 aromatic rings. The van der Waals surface area contributed by atoms with E-state index >= 15 is 0 Å². The molecule has 1 heterocycles. The highest BCUT2D eigenvalue weighted by atomic mass is 16.6. The normalized spacial score (nSPS) is 27.1. The highest BCUT2D eigenvalue weighted by Gasteiger charge is 2.56. The fraction of sp³-hybridized carbons (Fsp3) is 0.450. The summed E-state index contributed by atoms with van der Waals surface area (Å²) in [6.07, 6.45) is 5.84. The second-order valence-corrected chi connectivity index (χ2v) is 7.61. The zero-order valence-corrected chi connectivity index (χ0v) is 15.9. The van der Waals surface area contributed by atoms with Crippen LogP contribution in [0.5, 0.6) is 5.75 Å². The topological polar surface area (TPSA) is 119 Å². The minimum Gasteiger partial charge on any atom is -0.495 e. The SMILES string of the molecule is COc1ccc([N+](=O)[O-])cc1NC(=O)CCN1C(=O)[C@H]2[C@H](C1=O)[C@H]1C=C[C@H]2CC1. The first-order valence-electron chi connectivity index (χ1n) is 9.56. The van der Waals surface area contributed by atoms with Gasteiger partial charge in [-0.2, -0.15) is 0 Å². The number of benzene rings is 1. The highest BCUT2D eigenvalue weighted by molar-refractivity contribution is 6.06. The van der Waals surface area contributed by atoms with Gasteiger partial charge in [0.2, 0.25) is 17.7 Å². The van der Waals surface area contributed by atoms with Gasteiger partial charge in [-0.15, -0.1) is 0 Å². The zero-order valence-electron chi connectivity index (χ0n) is 15.9. The largest absolute Gasteiger partial charge is 0.495 e. The Labute approximate surface area is 166 Å². The van der Waals surface area contributed by atoms with E-state index in [1.807, 2.05) is 12.2 Å². The molecule has 0 aromatic heterocycles. The van der Waals surface area contributed by atoms with Gasteiger partial charge in [-0.1, -0.05) is 12.2 Å². The first kappa shape index (κ1) is 19.1. The minimum absolute atomic E-state index is 0.00676. The average Bonchev–Trinajstić information content (AvgIpc) is 2.99. The minimum atomic E-state index is -0.569.